The molecule has 1 aromatic heterocycles. The van der Waals surface area contributed by atoms with Gasteiger partial charge in [-0.05, 0) is 24.7 Å². The van der Waals surface area contributed by atoms with E-state index in [1.165, 1.54) is 0 Å². The quantitative estimate of drug-likeness (QED) is 0.798. The van der Waals surface area contributed by atoms with Crippen molar-refractivity contribution in [2.24, 2.45) is 0 Å². The van der Waals surface area contributed by atoms with E-state index in [1.807, 2.05) is 0 Å². The van der Waals surface area contributed by atoms with Gasteiger partial charge in [0.05, 0.1) is 12.7 Å². The molecule has 2 rings (SSSR count). The monoisotopic (exact) mass is 242 g/mol. The Morgan fingerprint density at radius 2 is 2.56 bits per heavy atom. The largest absolute Gasteiger partial charge is 0.374 e. The first-order chi connectivity index (χ1) is 7.74. The van der Waals surface area contributed by atoms with E-state index in [0.29, 0.717) is 0 Å². The van der Waals surface area contributed by atoms with Crippen LogP contribution in [0.15, 0.2) is 12.3 Å². The summed E-state index contributed by atoms with van der Waals surface area (Å²) in [7, 11) is 2.09. The third-order valence-corrected chi connectivity index (χ3v) is 2.66. The highest BCUT2D eigenvalue weighted by atomic mass is 35.5. The Hall–Kier alpha value is -0.910. The average Bonchev–Trinajstić information content (AvgIpc) is 2.27. The molecule has 0 saturated carbocycles. The molecule has 1 aromatic rings. The predicted molar refractivity (Wildman–Crippen MR) is 62.8 cm³/mol. The van der Waals surface area contributed by atoms with E-state index in [2.05, 4.69) is 27.2 Å². The minimum atomic E-state index is 0.201. The van der Waals surface area contributed by atoms with Crippen LogP contribution in [0.4, 0.5) is 5.82 Å². The van der Waals surface area contributed by atoms with Crippen LogP contribution in [0, 0.1) is 0 Å². The molecule has 0 aliphatic carbocycles. The molecule has 1 fully saturated rings. The fourth-order valence-corrected chi connectivity index (χ4v) is 1.79. The highest BCUT2D eigenvalue weighted by molar-refractivity contribution is 6.28. The van der Waals surface area contributed by atoms with Crippen molar-refractivity contribution in [1.82, 2.24) is 14.9 Å². The maximum absolute atomic E-state index is 5.69. The lowest BCUT2D eigenvalue weighted by Gasteiger charge is -2.30. The third kappa shape index (κ3) is 3.30. The standard InChI is InChI=1S/C10H15ClN4O/c1-15-4-5-16-8(7-15)6-13-9-2-3-12-10(11)14-9/h2-3,8H,4-7H2,1H3,(H,12,13,14). The molecule has 1 unspecified atom stereocenters. The fourth-order valence-electron chi connectivity index (χ4n) is 1.64. The van der Waals surface area contributed by atoms with Gasteiger partial charge in [-0.25, -0.2) is 9.97 Å². The minimum Gasteiger partial charge on any atom is -0.374 e. The molecule has 0 bridgehead atoms. The lowest BCUT2D eigenvalue weighted by molar-refractivity contribution is -0.0117. The van der Waals surface area contributed by atoms with Crippen molar-refractivity contribution in [2.75, 3.05) is 38.6 Å². The summed E-state index contributed by atoms with van der Waals surface area (Å²) in [6.07, 6.45) is 1.83. The molecule has 1 aliphatic heterocycles. The number of likely N-dealkylation sites (N-methyl/N-ethyl adjacent to an activating group) is 1. The number of nitrogens with zero attached hydrogens (tertiary/aromatic N) is 3. The Kier molecular flexibility index (Phi) is 3.93. The molecular formula is C10H15ClN4O. The van der Waals surface area contributed by atoms with Crippen molar-refractivity contribution in [3.63, 3.8) is 0 Å². The van der Waals surface area contributed by atoms with Gasteiger partial charge in [-0.3, -0.25) is 0 Å². The van der Waals surface area contributed by atoms with Crippen molar-refractivity contribution in [3.8, 4) is 0 Å². The number of rotatable bonds is 3. The summed E-state index contributed by atoms with van der Waals surface area (Å²) in [5, 5.41) is 3.44. The van der Waals surface area contributed by atoms with Gasteiger partial charge in [0.25, 0.3) is 0 Å². The van der Waals surface area contributed by atoms with E-state index in [-0.39, 0.29) is 11.4 Å². The zero-order valence-electron chi connectivity index (χ0n) is 9.19. The van der Waals surface area contributed by atoms with Gasteiger partial charge in [0.1, 0.15) is 5.82 Å². The number of anilines is 1. The van der Waals surface area contributed by atoms with Crippen LogP contribution in [0.3, 0.4) is 0 Å². The van der Waals surface area contributed by atoms with Gasteiger partial charge in [0, 0.05) is 25.8 Å². The van der Waals surface area contributed by atoms with Crippen LogP contribution < -0.4 is 5.32 Å². The first-order valence-corrected chi connectivity index (χ1v) is 5.64. The molecule has 1 saturated heterocycles. The Morgan fingerprint density at radius 3 is 3.31 bits per heavy atom. The second kappa shape index (κ2) is 5.43. The summed E-state index contributed by atoms with van der Waals surface area (Å²) in [6, 6.07) is 1.79. The summed E-state index contributed by atoms with van der Waals surface area (Å²) in [5.41, 5.74) is 0. The predicted octanol–water partition coefficient (Wildman–Crippen LogP) is 0.872. The van der Waals surface area contributed by atoms with Gasteiger partial charge >= 0.3 is 0 Å². The molecule has 1 atom stereocenters. The van der Waals surface area contributed by atoms with Crippen LogP contribution in [0.1, 0.15) is 0 Å². The first kappa shape index (κ1) is 11.6. The number of ether oxygens (including phenoxy) is 1. The number of hydrogen-bond donors (Lipinski definition) is 1. The number of morpholine rings is 1. The highest BCUT2D eigenvalue weighted by Gasteiger charge is 2.17. The number of hydrogen-bond acceptors (Lipinski definition) is 5. The third-order valence-electron chi connectivity index (χ3n) is 2.48. The van der Waals surface area contributed by atoms with E-state index in [0.717, 1.165) is 32.1 Å². The van der Waals surface area contributed by atoms with Gasteiger partial charge in [0.2, 0.25) is 5.28 Å². The van der Waals surface area contributed by atoms with E-state index >= 15 is 0 Å². The molecule has 0 spiro atoms. The molecule has 0 aromatic carbocycles. The van der Waals surface area contributed by atoms with Crippen LogP contribution in [0.25, 0.3) is 0 Å². The lowest BCUT2D eigenvalue weighted by Crippen LogP contribution is -2.43. The van der Waals surface area contributed by atoms with Gasteiger partial charge in [-0.2, -0.15) is 0 Å². The van der Waals surface area contributed by atoms with Crippen LogP contribution in [0.5, 0.6) is 0 Å². The van der Waals surface area contributed by atoms with Crippen LogP contribution >= 0.6 is 11.6 Å². The zero-order valence-corrected chi connectivity index (χ0v) is 9.94. The zero-order chi connectivity index (χ0) is 11.4. The molecule has 0 radical (unpaired) electrons. The fraction of sp³-hybridized carbons (Fsp3) is 0.600. The molecule has 1 aliphatic rings. The van der Waals surface area contributed by atoms with Crippen molar-refractivity contribution >= 4 is 17.4 Å². The van der Waals surface area contributed by atoms with Gasteiger partial charge in [0.15, 0.2) is 0 Å². The summed E-state index contributed by atoms with van der Waals surface area (Å²) >= 11 is 5.69. The molecular weight excluding hydrogens is 228 g/mol. The second-order valence-electron chi connectivity index (χ2n) is 3.85. The minimum absolute atomic E-state index is 0.201. The summed E-state index contributed by atoms with van der Waals surface area (Å²) in [6.45, 7) is 3.45. The summed E-state index contributed by atoms with van der Waals surface area (Å²) in [5.74, 6) is 0.733. The molecule has 5 nitrogen and oxygen atoms in total. The Balaban J connectivity index is 1.82. The van der Waals surface area contributed by atoms with Crippen LogP contribution in [0.2, 0.25) is 5.28 Å². The van der Waals surface area contributed by atoms with Gasteiger partial charge < -0.3 is 15.0 Å². The molecule has 6 heteroatoms. The number of nitrogens with one attached hydrogen (secondary N) is 1. The highest BCUT2D eigenvalue weighted by Crippen LogP contribution is 2.08. The average molecular weight is 243 g/mol. The van der Waals surface area contributed by atoms with Crippen molar-refractivity contribution in [2.45, 2.75) is 6.10 Å². The summed E-state index contributed by atoms with van der Waals surface area (Å²) in [4.78, 5) is 10.1. The smallest absolute Gasteiger partial charge is 0.224 e. The maximum atomic E-state index is 5.69. The van der Waals surface area contributed by atoms with Crippen LogP contribution in [-0.2, 0) is 4.74 Å². The Labute approximate surface area is 99.8 Å². The van der Waals surface area contributed by atoms with E-state index in [9.17, 15) is 0 Å². The van der Waals surface area contributed by atoms with Crippen molar-refractivity contribution in [1.29, 1.82) is 0 Å². The van der Waals surface area contributed by atoms with Gasteiger partial charge in [-0.1, -0.05) is 0 Å². The van der Waals surface area contributed by atoms with Crippen LogP contribution in [-0.4, -0.2) is 54.3 Å². The van der Waals surface area contributed by atoms with E-state index in [1.54, 1.807) is 12.3 Å². The van der Waals surface area contributed by atoms with E-state index in [4.69, 9.17) is 16.3 Å². The molecule has 2 heterocycles. The van der Waals surface area contributed by atoms with Crippen molar-refractivity contribution in [3.05, 3.63) is 17.5 Å². The molecule has 0 amide bonds. The normalized spacial score (nSPS) is 22.0. The van der Waals surface area contributed by atoms with Crippen molar-refractivity contribution < 1.29 is 4.74 Å². The molecule has 16 heavy (non-hydrogen) atoms. The maximum Gasteiger partial charge on any atom is 0.224 e. The Bertz CT molecular complexity index is 349. The topological polar surface area (TPSA) is 50.3 Å². The van der Waals surface area contributed by atoms with E-state index < -0.39 is 0 Å². The number of halogens is 1. The van der Waals surface area contributed by atoms with Gasteiger partial charge in [-0.15, -0.1) is 0 Å². The molecule has 88 valence electrons. The first-order valence-electron chi connectivity index (χ1n) is 5.26. The second-order valence-corrected chi connectivity index (χ2v) is 4.18. The lowest BCUT2D eigenvalue weighted by atomic mass is 10.3. The summed E-state index contributed by atoms with van der Waals surface area (Å²) < 4.78 is 5.62. The molecule has 1 N–H and O–H groups in total. The number of aromatic nitrogens is 2. The SMILES string of the molecule is CN1CCOC(CNc2ccnc(Cl)n2)C1. The Morgan fingerprint density at radius 1 is 1.69 bits per heavy atom.